The van der Waals surface area contributed by atoms with Gasteiger partial charge in [0.15, 0.2) is 5.12 Å². The summed E-state index contributed by atoms with van der Waals surface area (Å²) in [6.07, 6.45) is 2.75. The molecule has 0 aliphatic carbocycles. The number of rotatable bonds is 5. The average molecular weight is 348 g/mol. The maximum Gasteiger partial charge on any atom is 0.252 e. The molecule has 1 heterocycles. The third kappa shape index (κ3) is 4.38. The van der Waals surface area contributed by atoms with Crippen molar-refractivity contribution in [3.63, 3.8) is 0 Å². The summed E-state index contributed by atoms with van der Waals surface area (Å²) in [5.41, 5.74) is 4.53. The Morgan fingerprint density at radius 3 is 2.67 bits per heavy atom. The van der Waals surface area contributed by atoms with Gasteiger partial charge in [-0.15, -0.1) is 0 Å². The summed E-state index contributed by atoms with van der Waals surface area (Å²) in [6.45, 7) is 5.39. The zero-order valence-corrected chi connectivity index (χ0v) is 15.2. The molecule has 24 heavy (non-hydrogen) atoms. The lowest BCUT2D eigenvalue weighted by Crippen LogP contribution is -2.50. The normalized spacial score (nSPS) is 16.8. The second-order valence-electron chi connectivity index (χ2n) is 6.10. The number of thioether (sulfide) groups is 1. The molecule has 1 N–H and O–H groups in total. The van der Waals surface area contributed by atoms with Crippen LogP contribution in [0.15, 0.2) is 24.3 Å². The molecule has 0 spiro atoms. The highest BCUT2D eigenvalue weighted by molar-refractivity contribution is 8.14. The molecule has 1 aliphatic heterocycles. The zero-order valence-electron chi connectivity index (χ0n) is 14.4. The molecular formula is C18H24N2O3S. The van der Waals surface area contributed by atoms with Crippen molar-refractivity contribution in [3.05, 3.63) is 29.8 Å². The number of amides is 2. The number of aryl methyl sites for hydroxylation is 1. The Labute approximate surface area is 147 Å². The van der Waals surface area contributed by atoms with E-state index in [1.165, 1.54) is 11.9 Å². The van der Waals surface area contributed by atoms with E-state index in [1.807, 2.05) is 38.1 Å². The molecule has 0 radical (unpaired) electrons. The first-order valence-electron chi connectivity index (χ1n) is 8.32. The van der Waals surface area contributed by atoms with Crippen LogP contribution in [0.1, 0.15) is 45.6 Å². The molecule has 0 saturated carbocycles. The Morgan fingerprint density at radius 2 is 2.00 bits per heavy atom. The minimum absolute atomic E-state index is 0.0382. The highest BCUT2D eigenvalue weighted by Gasteiger charge is 2.30. The fraction of sp³-hybridized carbons (Fsp3) is 0.500. The minimum atomic E-state index is -0.504. The number of fused-ring (bicyclic) bond motifs is 1. The molecule has 0 bridgehead atoms. The van der Waals surface area contributed by atoms with Gasteiger partial charge in [-0.3, -0.25) is 19.8 Å². The maximum absolute atomic E-state index is 12.7. The first kappa shape index (κ1) is 18.5. The first-order valence-corrected chi connectivity index (χ1v) is 9.20. The Morgan fingerprint density at radius 1 is 1.29 bits per heavy atom. The summed E-state index contributed by atoms with van der Waals surface area (Å²) < 4.78 is 0. The predicted octanol–water partition coefficient (Wildman–Crippen LogP) is 3.08. The van der Waals surface area contributed by atoms with Crippen LogP contribution in [0.5, 0.6) is 0 Å². The van der Waals surface area contributed by atoms with Gasteiger partial charge in [0.25, 0.3) is 5.91 Å². The number of carbonyl (C=O) groups excluding carboxylic acids is 3. The van der Waals surface area contributed by atoms with E-state index in [1.54, 1.807) is 0 Å². The van der Waals surface area contributed by atoms with Crippen LogP contribution in [0.2, 0.25) is 0 Å². The van der Waals surface area contributed by atoms with Crippen LogP contribution in [0.25, 0.3) is 0 Å². The highest BCUT2D eigenvalue weighted by atomic mass is 32.2. The van der Waals surface area contributed by atoms with Gasteiger partial charge < -0.3 is 0 Å². The molecule has 5 nitrogen and oxygen atoms in total. The van der Waals surface area contributed by atoms with Gasteiger partial charge in [-0.05, 0) is 30.4 Å². The number of nitrogens with zero attached hydrogens (tertiary/aromatic N) is 1. The van der Waals surface area contributed by atoms with Gasteiger partial charge in [0.2, 0.25) is 5.91 Å². The molecule has 6 heteroatoms. The molecule has 1 aromatic rings. The number of hydrogen-bond donors (Lipinski definition) is 1. The third-order valence-electron chi connectivity index (χ3n) is 4.25. The van der Waals surface area contributed by atoms with Gasteiger partial charge in [-0.25, -0.2) is 5.01 Å². The van der Waals surface area contributed by atoms with E-state index in [0.717, 1.165) is 42.3 Å². The molecule has 2 rings (SSSR count). The number of benzene rings is 1. The van der Waals surface area contributed by atoms with Crippen LogP contribution in [0.3, 0.4) is 0 Å². The van der Waals surface area contributed by atoms with E-state index < -0.39 is 5.25 Å². The molecule has 2 atom stereocenters. The van der Waals surface area contributed by atoms with Crippen molar-refractivity contribution in [1.82, 2.24) is 5.43 Å². The molecule has 1 aromatic carbocycles. The summed E-state index contributed by atoms with van der Waals surface area (Å²) in [6, 6.07) is 7.61. The summed E-state index contributed by atoms with van der Waals surface area (Å²) in [5.74, 6) is -0.380. The lowest BCUT2D eigenvalue weighted by molar-refractivity contribution is -0.126. The Bertz CT molecular complexity index is 632. The van der Waals surface area contributed by atoms with Crippen LogP contribution in [0, 0.1) is 5.92 Å². The second kappa shape index (κ2) is 8.33. The van der Waals surface area contributed by atoms with Crippen LogP contribution in [-0.4, -0.2) is 22.2 Å². The van der Waals surface area contributed by atoms with Crippen molar-refractivity contribution in [2.75, 3.05) is 5.01 Å². The van der Waals surface area contributed by atoms with Gasteiger partial charge in [0, 0.05) is 13.3 Å². The molecule has 1 aliphatic rings. The van der Waals surface area contributed by atoms with Gasteiger partial charge in [-0.1, -0.05) is 50.2 Å². The van der Waals surface area contributed by atoms with Gasteiger partial charge in [0.1, 0.15) is 0 Å². The van der Waals surface area contributed by atoms with E-state index in [0.29, 0.717) is 6.42 Å². The topological polar surface area (TPSA) is 66.5 Å². The van der Waals surface area contributed by atoms with Crippen molar-refractivity contribution in [1.29, 1.82) is 0 Å². The number of hydrogen-bond acceptors (Lipinski definition) is 4. The molecule has 0 fully saturated rings. The summed E-state index contributed by atoms with van der Waals surface area (Å²) >= 11 is 1.03. The Kier molecular flexibility index (Phi) is 6.43. The smallest absolute Gasteiger partial charge is 0.252 e. The standard InChI is InChI=1S/C18H24N2O3S/c1-4-12(2)17(24-13(3)21)18(23)19-20-15-10-6-5-8-14(15)9-7-11-16(20)22/h5-6,8,10,12,17H,4,7,9,11H2,1-3H3,(H,19,23)/t12-,17-/m0/s1. The molecule has 130 valence electrons. The third-order valence-corrected chi connectivity index (χ3v) is 5.52. The molecule has 0 saturated heterocycles. The van der Waals surface area contributed by atoms with E-state index in [-0.39, 0.29) is 22.8 Å². The summed E-state index contributed by atoms with van der Waals surface area (Å²) in [4.78, 5) is 36.7. The Hall–Kier alpha value is -1.82. The number of hydrazine groups is 1. The van der Waals surface area contributed by atoms with E-state index >= 15 is 0 Å². The number of anilines is 1. The largest absolute Gasteiger partial charge is 0.288 e. The van der Waals surface area contributed by atoms with Crippen molar-refractivity contribution in [2.45, 2.75) is 51.7 Å². The van der Waals surface area contributed by atoms with Crippen molar-refractivity contribution in [2.24, 2.45) is 5.92 Å². The fourth-order valence-electron chi connectivity index (χ4n) is 2.73. The van der Waals surface area contributed by atoms with Crippen molar-refractivity contribution >= 4 is 34.4 Å². The van der Waals surface area contributed by atoms with Crippen molar-refractivity contribution < 1.29 is 14.4 Å². The maximum atomic E-state index is 12.7. The van der Waals surface area contributed by atoms with Crippen LogP contribution < -0.4 is 10.4 Å². The lowest BCUT2D eigenvalue weighted by Gasteiger charge is -2.27. The molecule has 0 aromatic heterocycles. The predicted molar refractivity (Wildman–Crippen MR) is 96.5 cm³/mol. The van der Waals surface area contributed by atoms with Crippen LogP contribution in [-0.2, 0) is 20.8 Å². The average Bonchev–Trinajstić information content (AvgIpc) is 2.71. The van der Waals surface area contributed by atoms with Crippen molar-refractivity contribution in [3.8, 4) is 0 Å². The second-order valence-corrected chi connectivity index (χ2v) is 7.42. The SMILES string of the molecule is CC[C@H](C)[C@H](SC(C)=O)C(=O)NN1C(=O)CCCc2ccccc21. The van der Waals surface area contributed by atoms with Crippen LogP contribution >= 0.6 is 11.8 Å². The van der Waals surface area contributed by atoms with E-state index in [4.69, 9.17) is 0 Å². The summed E-state index contributed by atoms with van der Waals surface area (Å²) in [5, 5.41) is 0.759. The highest BCUT2D eigenvalue weighted by Crippen LogP contribution is 2.27. The van der Waals surface area contributed by atoms with Gasteiger partial charge in [-0.2, -0.15) is 0 Å². The number of carbonyl (C=O) groups is 3. The Balaban J connectivity index is 2.25. The summed E-state index contributed by atoms with van der Waals surface area (Å²) in [7, 11) is 0. The quantitative estimate of drug-likeness (QED) is 0.888. The molecule has 0 unspecified atom stereocenters. The number of nitrogens with one attached hydrogen (secondary N) is 1. The minimum Gasteiger partial charge on any atom is -0.288 e. The first-order chi connectivity index (χ1) is 11.4. The van der Waals surface area contributed by atoms with E-state index in [9.17, 15) is 14.4 Å². The molecular weight excluding hydrogens is 324 g/mol. The molecule has 2 amide bonds. The van der Waals surface area contributed by atoms with Crippen LogP contribution in [0.4, 0.5) is 5.69 Å². The van der Waals surface area contributed by atoms with Gasteiger partial charge >= 0.3 is 0 Å². The lowest BCUT2D eigenvalue weighted by atomic mass is 10.0. The number of para-hydroxylation sites is 1. The van der Waals surface area contributed by atoms with Gasteiger partial charge in [0.05, 0.1) is 10.9 Å². The fourth-order valence-corrected chi connectivity index (χ4v) is 3.68. The monoisotopic (exact) mass is 348 g/mol. The zero-order chi connectivity index (χ0) is 17.7. The van der Waals surface area contributed by atoms with E-state index in [2.05, 4.69) is 5.43 Å².